The molecule has 2 amide bonds. The van der Waals surface area contributed by atoms with Crippen LogP contribution in [0, 0.1) is 5.82 Å². The zero-order valence-corrected chi connectivity index (χ0v) is 13.9. The van der Waals surface area contributed by atoms with E-state index in [-0.39, 0.29) is 17.6 Å². The zero-order chi connectivity index (χ0) is 17.8. The molecule has 0 aliphatic carbocycles. The van der Waals surface area contributed by atoms with Crippen LogP contribution in [-0.4, -0.2) is 36.4 Å². The van der Waals surface area contributed by atoms with E-state index in [4.69, 9.17) is 4.74 Å². The molecule has 0 aromatic heterocycles. The number of carbonyl (C=O) groups is 2. The van der Waals surface area contributed by atoms with Crippen molar-refractivity contribution in [3.05, 3.63) is 59.9 Å². The molecular formula is C19H19FN2O3. The van der Waals surface area contributed by atoms with E-state index in [1.165, 1.54) is 24.3 Å². The van der Waals surface area contributed by atoms with Gasteiger partial charge in [0.1, 0.15) is 17.6 Å². The number of amides is 2. The third-order valence-electron chi connectivity index (χ3n) is 4.24. The van der Waals surface area contributed by atoms with Crippen LogP contribution in [0.2, 0.25) is 0 Å². The lowest BCUT2D eigenvalue weighted by Gasteiger charge is -2.24. The van der Waals surface area contributed by atoms with Crippen molar-refractivity contribution in [2.75, 3.05) is 19.0 Å². The van der Waals surface area contributed by atoms with E-state index in [0.29, 0.717) is 30.0 Å². The fourth-order valence-corrected chi connectivity index (χ4v) is 2.96. The molecule has 2 aromatic rings. The lowest BCUT2D eigenvalue weighted by Crippen LogP contribution is -2.43. The van der Waals surface area contributed by atoms with Crippen molar-refractivity contribution in [2.24, 2.45) is 0 Å². The van der Waals surface area contributed by atoms with E-state index >= 15 is 0 Å². The molecule has 1 saturated heterocycles. The number of hydrogen-bond donors (Lipinski definition) is 1. The Kier molecular flexibility index (Phi) is 4.97. The molecule has 130 valence electrons. The van der Waals surface area contributed by atoms with Gasteiger partial charge in [-0.3, -0.25) is 9.59 Å². The lowest BCUT2D eigenvalue weighted by atomic mass is 10.1. The summed E-state index contributed by atoms with van der Waals surface area (Å²) in [6, 6.07) is 11.9. The Morgan fingerprint density at radius 1 is 1.20 bits per heavy atom. The molecular weight excluding hydrogens is 323 g/mol. The van der Waals surface area contributed by atoms with E-state index in [2.05, 4.69) is 5.32 Å². The highest BCUT2D eigenvalue weighted by atomic mass is 19.1. The molecule has 0 unspecified atom stereocenters. The van der Waals surface area contributed by atoms with Gasteiger partial charge in [0.05, 0.1) is 7.11 Å². The molecule has 1 aliphatic heterocycles. The largest absolute Gasteiger partial charge is 0.497 e. The van der Waals surface area contributed by atoms with Gasteiger partial charge < -0.3 is 15.0 Å². The summed E-state index contributed by atoms with van der Waals surface area (Å²) in [4.78, 5) is 26.9. The summed E-state index contributed by atoms with van der Waals surface area (Å²) in [5, 5.41) is 2.75. The number of nitrogens with one attached hydrogen (secondary N) is 1. The minimum atomic E-state index is -0.538. The smallest absolute Gasteiger partial charge is 0.254 e. The maximum Gasteiger partial charge on any atom is 0.254 e. The first-order valence-corrected chi connectivity index (χ1v) is 8.10. The molecule has 25 heavy (non-hydrogen) atoms. The second-order valence-corrected chi connectivity index (χ2v) is 5.88. The van der Waals surface area contributed by atoms with Gasteiger partial charge in [-0.1, -0.05) is 6.07 Å². The molecule has 1 aliphatic rings. The molecule has 6 heteroatoms. The number of benzene rings is 2. The van der Waals surface area contributed by atoms with Crippen molar-refractivity contribution < 1.29 is 18.7 Å². The number of likely N-dealkylation sites (tertiary alicyclic amines) is 1. The van der Waals surface area contributed by atoms with Crippen molar-refractivity contribution in [3.63, 3.8) is 0 Å². The molecule has 5 nitrogen and oxygen atoms in total. The predicted octanol–water partition coefficient (Wildman–Crippen LogP) is 3.08. The van der Waals surface area contributed by atoms with Gasteiger partial charge >= 0.3 is 0 Å². The van der Waals surface area contributed by atoms with Crippen molar-refractivity contribution in [2.45, 2.75) is 18.9 Å². The fourth-order valence-electron chi connectivity index (χ4n) is 2.96. The minimum Gasteiger partial charge on any atom is -0.497 e. The van der Waals surface area contributed by atoms with Gasteiger partial charge in [0.2, 0.25) is 5.91 Å². The topological polar surface area (TPSA) is 58.6 Å². The molecule has 3 rings (SSSR count). The van der Waals surface area contributed by atoms with Gasteiger partial charge in [0.15, 0.2) is 0 Å². The molecule has 1 atom stereocenters. The zero-order valence-electron chi connectivity index (χ0n) is 13.9. The third-order valence-corrected chi connectivity index (χ3v) is 4.24. The standard InChI is InChI=1S/C19H19FN2O3/c1-25-16-5-2-4-13(12-16)19(24)22-11-3-6-17(22)18(23)21-15-9-7-14(20)8-10-15/h2,4-5,7-10,12,17H,3,6,11H2,1H3,(H,21,23)/t17-/m1/s1. The predicted molar refractivity (Wildman–Crippen MR) is 92.1 cm³/mol. The van der Waals surface area contributed by atoms with E-state index in [1.54, 1.807) is 36.3 Å². The second-order valence-electron chi connectivity index (χ2n) is 5.88. The number of halogens is 1. The van der Waals surface area contributed by atoms with Crippen LogP contribution in [0.5, 0.6) is 5.75 Å². The molecule has 1 heterocycles. The normalized spacial score (nSPS) is 16.6. The minimum absolute atomic E-state index is 0.198. The highest BCUT2D eigenvalue weighted by molar-refractivity contribution is 6.01. The Hall–Kier alpha value is -2.89. The fraction of sp³-hybridized carbons (Fsp3) is 0.263. The Bertz CT molecular complexity index is 776. The Morgan fingerprint density at radius 2 is 1.96 bits per heavy atom. The highest BCUT2D eigenvalue weighted by Crippen LogP contribution is 2.23. The molecule has 0 saturated carbocycles. The first-order chi connectivity index (χ1) is 12.1. The van der Waals surface area contributed by atoms with Crippen molar-refractivity contribution in [3.8, 4) is 5.75 Å². The average Bonchev–Trinajstić information content (AvgIpc) is 3.13. The van der Waals surface area contributed by atoms with Crippen molar-refractivity contribution in [1.29, 1.82) is 0 Å². The summed E-state index contributed by atoms with van der Waals surface area (Å²) in [7, 11) is 1.54. The van der Waals surface area contributed by atoms with Crippen LogP contribution >= 0.6 is 0 Å². The van der Waals surface area contributed by atoms with Crippen LogP contribution in [0.25, 0.3) is 0 Å². The van der Waals surface area contributed by atoms with E-state index in [9.17, 15) is 14.0 Å². The summed E-state index contributed by atoms with van der Waals surface area (Å²) in [6.07, 6.45) is 1.36. The summed E-state index contributed by atoms with van der Waals surface area (Å²) in [6.45, 7) is 0.525. The number of rotatable bonds is 4. The first-order valence-electron chi connectivity index (χ1n) is 8.10. The number of carbonyl (C=O) groups excluding carboxylic acids is 2. The van der Waals surface area contributed by atoms with E-state index < -0.39 is 6.04 Å². The molecule has 1 N–H and O–H groups in total. The van der Waals surface area contributed by atoms with E-state index in [1.807, 2.05) is 0 Å². The Morgan fingerprint density at radius 3 is 2.68 bits per heavy atom. The quantitative estimate of drug-likeness (QED) is 0.929. The number of nitrogens with zero attached hydrogens (tertiary/aromatic N) is 1. The van der Waals surface area contributed by atoms with Gasteiger partial charge in [-0.15, -0.1) is 0 Å². The SMILES string of the molecule is COc1cccc(C(=O)N2CCC[C@@H]2C(=O)Nc2ccc(F)cc2)c1. The average molecular weight is 342 g/mol. The Balaban J connectivity index is 1.73. The number of ether oxygens (including phenoxy) is 1. The van der Waals surface area contributed by atoms with Crippen molar-refractivity contribution in [1.82, 2.24) is 4.90 Å². The van der Waals surface area contributed by atoms with Gasteiger partial charge in [-0.2, -0.15) is 0 Å². The highest BCUT2D eigenvalue weighted by Gasteiger charge is 2.34. The van der Waals surface area contributed by atoms with Crippen LogP contribution in [0.1, 0.15) is 23.2 Å². The van der Waals surface area contributed by atoms with Crippen LogP contribution in [0.15, 0.2) is 48.5 Å². The molecule has 0 spiro atoms. The van der Waals surface area contributed by atoms with Crippen molar-refractivity contribution >= 4 is 17.5 Å². The van der Waals surface area contributed by atoms with Gasteiger partial charge in [-0.25, -0.2) is 4.39 Å². The van der Waals surface area contributed by atoms with Crippen LogP contribution in [0.4, 0.5) is 10.1 Å². The van der Waals surface area contributed by atoms with Crippen LogP contribution in [-0.2, 0) is 4.79 Å². The van der Waals surface area contributed by atoms with Gasteiger partial charge in [0.25, 0.3) is 5.91 Å². The Labute approximate surface area is 145 Å². The van der Waals surface area contributed by atoms with Crippen LogP contribution in [0.3, 0.4) is 0 Å². The molecule has 0 bridgehead atoms. The number of anilines is 1. The lowest BCUT2D eigenvalue weighted by molar-refractivity contribution is -0.119. The summed E-state index contributed by atoms with van der Waals surface area (Å²) in [5.74, 6) is -0.234. The molecule has 1 fully saturated rings. The number of hydrogen-bond acceptors (Lipinski definition) is 3. The second kappa shape index (κ2) is 7.34. The number of methoxy groups -OCH3 is 1. The van der Waals surface area contributed by atoms with E-state index in [0.717, 1.165) is 6.42 Å². The van der Waals surface area contributed by atoms with Crippen LogP contribution < -0.4 is 10.1 Å². The summed E-state index contributed by atoms with van der Waals surface area (Å²) in [5.41, 5.74) is 0.993. The summed E-state index contributed by atoms with van der Waals surface area (Å²) < 4.78 is 18.1. The summed E-state index contributed by atoms with van der Waals surface area (Å²) >= 11 is 0. The first kappa shape index (κ1) is 17.0. The maximum atomic E-state index is 13.0. The molecule has 2 aromatic carbocycles. The maximum absolute atomic E-state index is 13.0. The molecule has 0 radical (unpaired) electrons. The monoisotopic (exact) mass is 342 g/mol. The third kappa shape index (κ3) is 3.79. The van der Waals surface area contributed by atoms with Gasteiger partial charge in [0, 0.05) is 17.8 Å². The van der Waals surface area contributed by atoms with Gasteiger partial charge in [-0.05, 0) is 55.3 Å².